The number of para-hydroxylation sites is 3. The fourth-order valence-corrected chi connectivity index (χ4v) is 3.29. The summed E-state index contributed by atoms with van der Waals surface area (Å²) in [4.78, 5) is 12.2. The van der Waals surface area contributed by atoms with E-state index in [0.29, 0.717) is 23.8 Å². The van der Waals surface area contributed by atoms with Gasteiger partial charge >= 0.3 is 0 Å². The van der Waals surface area contributed by atoms with Crippen LogP contribution in [0.1, 0.15) is 17.5 Å². The Morgan fingerprint density at radius 3 is 2.41 bits per heavy atom. The molecule has 0 spiro atoms. The molecule has 0 heterocycles. The molecule has 3 rings (SSSR count). The van der Waals surface area contributed by atoms with E-state index in [-0.39, 0.29) is 11.0 Å². The molecule has 0 aliphatic carbocycles. The van der Waals surface area contributed by atoms with Crippen molar-refractivity contribution in [3.05, 3.63) is 96.1 Å². The van der Waals surface area contributed by atoms with Gasteiger partial charge in [-0.2, -0.15) is 0 Å². The van der Waals surface area contributed by atoms with Crippen molar-refractivity contribution < 1.29 is 14.3 Å². The van der Waals surface area contributed by atoms with Gasteiger partial charge in [-0.25, -0.2) is 0 Å². The first kappa shape index (κ1) is 23.0. The molecule has 164 valence electrons. The van der Waals surface area contributed by atoms with Gasteiger partial charge in [0.25, 0.3) is 0 Å². The molecule has 0 aliphatic rings. The van der Waals surface area contributed by atoms with E-state index in [1.807, 2.05) is 66.7 Å². The third-order valence-electron chi connectivity index (χ3n) is 4.64. The minimum absolute atomic E-state index is 0.194. The van der Waals surface area contributed by atoms with E-state index in [0.717, 1.165) is 18.4 Å². The average molecular weight is 447 g/mol. The minimum Gasteiger partial charge on any atom is -0.496 e. The lowest BCUT2D eigenvalue weighted by Gasteiger charge is -2.14. The molecule has 0 atom stereocenters. The Hall–Kier alpha value is -3.64. The number of ether oxygens (including phenoxy) is 2. The molecule has 0 aliphatic heterocycles. The predicted octanol–water partition coefficient (Wildman–Crippen LogP) is 5.23. The van der Waals surface area contributed by atoms with Crippen LogP contribution in [0.25, 0.3) is 6.08 Å². The molecule has 3 aromatic carbocycles. The Morgan fingerprint density at radius 2 is 1.62 bits per heavy atom. The summed E-state index contributed by atoms with van der Waals surface area (Å²) >= 11 is 5.29. The van der Waals surface area contributed by atoms with E-state index in [4.69, 9.17) is 21.7 Å². The molecule has 1 amide bonds. The number of benzene rings is 3. The van der Waals surface area contributed by atoms with Gasteiger partial charge in [0.2, 0.25) is 5.91 Å². The molecule has 0 saturated heterocycles. The van der Waals surface area contributed by atoms with Crippen molar-refractivity contribution in [2.45, 2.75) is 12.8 Å². The van der Waals surface area contributed by atoms with Crippen LogP contribution in [0.4, 0.5) is 5.69 Å². The van der Waals surface area contributed by atoms with Crippen molar-refractivity contribution in [2.24, 2.45) is 0 Å². The summed E-state index contributed by atoms with van der Waals surface area (Å²) in [6.45, 7) is 0.578. The molecule has 0 fully saturated rings. The second-order valence-electron chi connectivity index (χ2n) is 6.95. The number of thiocarbonyl (C=S) groups is 1. The van der Waals surface area contributed by atoms with Gasteiger partial charge in [0, 0.05) is 11.6 Å². The van der Waals surface area contributed by atoms with Crippen LogP contribution in [0, 0.1) is 0 Å². The minimum atomic E-state index is -0.338. The summed E-state index contributed by atoms with van der Waals surface area (Å²) in [7, 11) is 1.59. The van der Waals surface area contributed by atoms with Gasteiger partial charge in [-0.3, -0.25) is 10.1 Å². The van der Waals surface area contributed by atoms with E-state index >= 15 is 0 Å². The summed E-state index contributed by atoms with van der Waals surface area (Å²) in [5.41, 5.74) is 2.79. The zero-order chi connectivity index (χ0) is 22.6. The van der Waals surface area contributed by atoms with E-state index in [9.17, 15) is 4.79 Å². The highest BCUT2D eigenvalue weighted by atomic mass is 32.1. The van der Waals surface area contributed by atoms with E-state index in [2.05, 4.69) is 22.8 Å². The number of carbonyl (C=O) groups is 1. The Labute approximate surface area is 194 Å². The zero-order valence-corrected chi connectivity index (χ0v) is 18.7. The average Bonchev–Trinajstić information content (AvgIpc) is 2.82. The van der Waals surface area contributed by atoms with Crippen molar-refractivity contribution in [1.29, 1.82) is 0 Å². The number of carbonyl (C=O) groups excluding carboxylic acids is 1. The molecule has 32 heavy (non-hydrogen) atoms. The van der Waals surface area contributed by atoms with Crippen LogP contribution in [0.15, 0.2) is 84.9 Å². The number of anilines is 1. The van der Waals surface area contributed by atoms with Crippen LogP contribution in [-0.4, -0.2) is 24.7 Å². The van der Waals surface area contributed by atoms with Gasteiger partial charge in [0.05, 0.1) is 19.4 Å². The fraction of sp³-hybridized carbons (Fsp3) is 0.154. The lowest BCUT2D eigenvalue weighted by atomic mass is 10.1. The molecule has 0 aromatic heterocycles. The van der Waals surface area contributed by atoms with Crippen molar-refractivity contribution in [3.8, 4) is 11.5 Å². The normalized spacial score (nSPS) is 10.5. The summed E-state index contributed by atoms with van der Waals surface area (Å²) in [6.07, 6.45) is 4.94. The van der Waals surface area contributed by atoms with Crippen molar-refractivity contribution in [1.82, 2.24) is 5.32 Å². The number of hydrogen-bond donors (Lipinski definition) is 2. The van der Waals surface area contributed by atoms with Crippen LogP contribution in [0.5, 0.6) is 11.5 Å². The smallest absolute Gasteiger partial charge is 0.250 e. The Morgan fingerprint density at radius 1 is 0.938 bits per heavy atom. The van der Waals surface area contributed by atoms with Gasteiger partial charge in [0.1, 0.15) is 11.5 Å². The van der Waals surface area contributed by atoms with Gasteiger partial charge in [-0.05, 0) is 54.9 Å². The van der Waals surface area contributed by atoms with Crippen LogP contribution in [-0.2, 0) is 11.2 Å². The first-order chi connectivity index (χ1) is 15.7. The number of methoxy groups -OCH3 is 1. The quantitative estimate of drug-likeness (QED) is 0.268. The number of nitrogens with one attached hydrogen (secondary N) is 2. The molecular weight excluding hydrogens is 420 g/mol. The van der Waals surface area contributed by atoms with Crippen molar-refractivity contribution in [3.63, 3.8) is 0 Å². The highest BCUT2D eigenvalue weighted by Crippen LogP contribution is 2.24. The lowest BCUT2D eigenvalue weighted by Crippen LogP contribution is -2.32. The molecule has 0 unspecified atom stereocenters. The van der Waals surface area contributed by atoms with E-state index in [1.165, 1.54) is 11.6 Å². The first-order valence-electron chi connectivity index (χ1n) is 10.3. The molecule has 0 saturated carbocycles. The second kappa shape index (κ2) is 12.3. The maximum Gasteiger partial charge on any atom is 0.250 e. The van der Waals surface area contributed by atoms with Gasteiger partial charge in [-0.1, -0.05) is 60.7 Å². The zero-order valence-electron chi connectivity index (χ0n) is 17.9. The standard InChI is InChI=1S/C26H26N2O3S/c1-30-23-15-7-5-13-21(23)17-18-25(29)28-26(32)27-22-14-6-8-16-24(22)31-19-9-12-20-10-3-2-4-11-20/h2-8,10-11,13-18H,9,12,19H2,1H3,(H2,27,28,29,32)/b18-17+. The number of amides is 1. The molecule has 6 heteroatoms. The maximum atomic E-state index is 12.2. The third-order valence-corrected chi connectivity index (χ3v) is 4.84. The Kier molecular flexibility index (Phi) is 8.83. The van der Waals surface area contributed by atoms with Crippen molar-refractivity contribution in [2.75, 3.05) is 19.0 Å². The highest BCUT2D eigenvalue weighted by Gasteiger charge is 2.07. The topological polar surface area (TPSA) is 59.6 Å². The molecule has 0 radical (unpaired) electrons. The number of hydrogen-bond acceptors (Lipinski definition) is 4. The second-order valence-corrected chi connectivity index (χ2v) is 7.36. The highest BCUT2D eigenvalue weighted by molar-refractivity contribution is 7.80. The van der Waals surface area contributed by atoms with E-state index < -0.39 is 0 Å². The maximum absolute atomic E-state index is 12.2. The van der Waals surface area contributed by atoms with Crippen LogP contribution in [0.2, 0.25) is 0 Å². The molecule has 3 aromatic rings. The van der Waals surface area contributed by atoms with Crippen LogP contribution < -0.4 is 20.1 Å². The predicted molar refractivity (Wildman–Crippen MR) is 133 cm³/mol. The van der Waals surface area contributed by atoms with Gasteiger partial charge < -0.3 is 14.8 Å². The summed E-state index contributed by atoms with van der Waals surface area (Å²) in [5.74, 6) is 1.03. The summed E-state index contributed by atoms with van der Waals surface area (Å²) in [5, 5.41) is 5.88. The Bertz CT molecular complexity index is 1070. The number of aryl methyl sites for hydroxylation is 1. The van der Waals surface area contributed by atoms with E-state index in [1.54, 1.807) is 13.2 Å². The monoisotopic (exact) mass is 446 g/mol. The van der Waals surface area contributed by atoms with Crippen LogP contribution in [0.3, 0.4) is 0 Å². The fourth-order valence-electron chi connectivity index (χ4n) is 3.08. The van der Waals surface area contributed by atoms with Crippen LogP contribution >= 0.6 is 12.2 Å². The summed E-state index contributed by atoms with van der Waals surface area (Å²) in [6, 6.07) is 25.3. The largest absolute Gasteiger partial charge is 0.496 e. The molecular formula is C26H26N2O3S. The Balaban J connectivity index is 1.50. The molecule has 5 nitrogen and oxygen atoms in total. The SMILES string of the molecule is COc1ccccc1/C=C/C(=O)NC(=S)Nc1ccccc1OCCCc1ccccc1. The molecule has 2 N–H and O–H groups in total. The number of rotatable bonds is 9. The summed E-state index contributed by atoms with van der Waals surface area (Å²) < 4.78 is 11.2. The van der Waals surface area contributed by atoms with Gasteiger partial charge in [0.15, 0.2) is 5.11 Å². The lowest BCUT2D eigenvalue weighted by molar-refractivity contribution is -0.115. The van der Waals surface area contributed by atoms with Crippen molar-refractivity contribution >= 4 is 35.0 Å². The first-order valence-corrected chi connectivity index (χ1v) is 10.8. The molecule has 0 bridgehead atoms. The van der Waals surface area contributed by atoms with Gasteiger partial charge in [-0.15, -0.1) is 0 Å². The third kappa shape index (κ3) is 7.25.